The van der Waals surface area contributed by atoms with Gasteiger partial charge in [-0.2, -0.15) is 5.10 Å². The van der Waals surface area contributed by atoms with Crippen LogP contribution in [0.4, 0.5) is 4.39 Å². The Balaban J connectivity index is 1.84. The minimum Gasteiger partial charge on any atom is -0.352 e. The number of benzene rings is 1. The van der Waals surface area contributed by atoms with Crippen LogP contribution in [-0.2, 0) is 6.42 Å². The number of H-pyrrole nitrogens is 1. The quantitative estimate of drug-likeness (QED) is 0.833. The van der Waals surface area contributed by atoms with E-state index in [1.54, 1.807) is 12.3 Å². The lowest BCUT2D eigenvalue weighted by molar-refractivity contribution is 0.0949. The molecule has 1 aromatic carbocycles. The lowest BCUT2D eigenvalue weighted by Crippen LogP contribution is -2.25. The summed E-state index contributed by atoms with van der Waals surface area (Å²) in [5, 5.41) is 9.42. The second-order valence-corrected chi connectivity index (χ2v) is 4.89. The second-order valence-electron chi connectivity index (χ2n) is 4.48. The Morgan fingerprint density at radius 3 is 3.00 bits per heavy atom. The van der Waals surface area contributed by atoms with Gasteiger partial charge in [-0.25, -0.2) is 4.39 Å². The monoisotopic (exact) mass is 295 g/mol. The summed E-state index contributed by atoms with van der Waals surface area (Å²) in [6, 6.07) is 4.38. The number of nitrogens with zero attached hydrogens (tertiary/aromatic N) is 1. The number of hydrogen-bond acceptors (Lipinski definition) is 2. The molecule has 2 N–H and O–H groups in total. The maximum Gasteiger partial charge on any atom is 0.254 e. The molecule has 1 aromatic heterocycles. The van der Waals surface area contributed by atoms with Crippen LogP contribution in [0.2, 0.25) is 5.02 Å². The highest BCUT2D eigenvalue weighted by Gasteiger charge is 2.13. The van der Waals surface area contributed by atoms with Crippen molar-refractivity contribution in [2.24, 2.45) is 0 Å². The van der Waals surface area contributed by atoms with Gasteiger partial charge in [-0.15, -0.1) is 0 Å². The molecule has 0 fully saturated rings. The number of halogens is 2. The summed E-state index contributed by atoms with van der Waals surface area (Å²) in [7, 11) is 0. The highest BCUT2D eigenvalue weighted by atomic mass is 35.5. The predicted octanol–water partition coefficient (Wildman–Crippen LogP) is 2.87. The molecular weight excluding hydrogens is 281 g/mol. The van der Waals surface area contributed by atoms with E-state index in [4.69, 9.17) is 11.6 Å². The highest BCUT2D eigenvalue weighted by Crippen LogP contribution is 2.17. The molecule has 0 aliphatic rings. The number of aryl methyl sites for hydroxylation is 2. The Labute approximate surface area is 121 Å². The molecule has 0 atom stereocenters. The van der Waals surface area contributed by atoms with E-state index < -0.39 is 11.7 Å². The Bertz CT molecular complexity index is 612. The van der Waals surface area contributed by atoms with Gasteiger partial charge in [0.1, 0.15) is 0 Å². The van der Waals surface area contributed by atoms with Crippen molar-refractivity contribution < 1.29 is 9.18 Å². The molecule has 6 heteroatoms. The lowest BCUT2D eigenvalue weighted by Gasteiger charge is -2.06. The van der Waals surface area contributed by atoms with Crippen LogP contribution in [0, 0.1) is 12.7 Å². The summed E-state index contributed by atoms with van der Waals surface area (Å²) in [5.74, 6) is -1.13. The molecule has 1 amide bonds. The van der Waals surface area contributed by atoms with Crippen molar-refractivity contribution in [3.05, 3.63) is 52.1 Å². The third kappa shape index (κ3) is 3.36. The Morgan fingerprint density at radius 1 is 1.50 bits per heavy atom. The van der Waals surface area contributed by atoms with Crippen LogP contribution >= 0.6 is 11.6 Å². The normalized spacial score (nSPS) is 10.6. The molecule has 0 bridgehead atoms. The summed E-state index contributed by atoms with van der Waals surface area (Å²) in [6.07, 6.45) is 3.34. The van der Waals surface area contributed by atoms with Crippen LogP contribution in [0.3, 0.4) is 0 Å². The number of rotatable bonds is 5. The third-order valence-corrected chi connectivity index (χ3v) is 3.33. The van der Waals surface area contributed by atoms with Crippen molar-refractivity contribution in [3.8, 4) is 0 Å². The van der Waals surface area contributed by atoms with E-state index in [0.29, 0.717) is 6.54 Å². The zero-order valence-corrected chi connectivity index (χ0v) is 11.8. The van der Waals surface area contributed by atoms with Gasteiger partial charge in [-0.1, -0.05) is 17.7 Å². The van der Waals surface area contributed by atoms with E-state index in [1.807, 2.05) is 6.92 Å². The molecule has 0 radical (unpaired) electrons. The summed E-state index contributed by atoms with van der Waals surface area (Å²) in [5.41, 5.74) is 2.11. The molecule has 0 saturated heterocycles. The van der Waals surface area contributed by atoms with Gasteiger partial charge in [0.2, 0.25) is 0 Å². The molecule has 2 aromatic rings. The Hall–Kier alpha value is -1.88. The van der Waals surface area contributed by atoms with Crippen molar-refractivity contribution in [1.29, 1.82) is 0 Å². The van der Waals surface area contributed by atoms with Crippen LogP contribution in [0.15, 0.2) is 24.4 Å². The van der Waals surface area contributed by atoms with E-state index in [1.165, 1.54) is 12.1 Å². The molecule has 2 rings (SSSR count). The molecule has 0 aliphatic carbocycles. The fourth-order valence-corrected chi connectivity index (χ4v) is 2.06. The van der Waals surface area contributed by atoms with Crippen LogP contribution in [0.1, 0.15) is 28.0 Å². The average Bonchev–Trinajstić information content (AvgIpc) is 2.83. The van der Waals surface area contributed by atoms with Gasteiger partial charge < -0.3 is 5.32 Å². The minimum absolute atomic E-state index is 0.0306. The summed E-state index contributed by atoms with van der Waals surface area (Å²) >= 11 is 5.64. The molecule has 0 aliphatic heterocycles. The number of aromatic amines is 1. The van der Waals surface area contributed by atoms with E-state index in [0.717, 1.165) is 24.1 Å². The number of carbonyl (C=O) groups is 1. The molecule has 0 saturated carbocycles. The molecule has 0 spiro atoms. The Kier molecular flexibility index (Phi) is 4.74. The van der Waals surface area contributed by atoms with Crippen molar-refractivity contribution in [2.45, 2.75) is 19.8 Å². The van der Waals surface area contributed by atoms with Gasteiger partial charge in [0.25, 0.3) is 5.91 Å². The van der Waals surface area contributed by atoms with Crippen LogP contribution in [0.25, 0.3) is 0 Å². The fraction of sp³-hybridized carbons (Fsp3) is 0.286. The first kappa shape index (κ1) is 14.5. The predicted molar refractivity (Wildman–Crippen MR) is 75.4 cm³/mol. The molecule has 1 heterocycles. The standard InChI is InChI=1S/C14H15ClFN3O/c1-9-10(8-18-19-9)4-3-7-17-14(20)11-5-2-6-12(15)13(11)16/h2,5-6,8H,3-4,7H2,1H3,(H,17,20)(H,18,19). The summed E-state index contributed by atoms with van der Waals surface area (Å²) < 4.78 is 13.6. The van der Waals surface area contributed by atoms with Crippen LogP contribution in [0.5, 0.6) is 0 Å². The number of amides is 1. The van der Waals surface area contributed by atoms with E-state index in [2.05, 4.69) is 15.5 Å². The summed E-state index contributed by atoms with van der Waals surface area (Å²) in [6.45, 7) is 2.41. The number of nitrogens with one attached hydrogen (secondary N) is 2. The van der Waals surface area contributed by atoms with Crippen LogP contribution in [-0.4, -0.2) is 22.6 Å². The first-order chi connectivity index (χ1) is 9.59. The molecule has 106 valence electrons. The largest absolute Gasteiger partial charge is 0.352 e. The SMILES string of the molecule is Cc1[nH]ncc1CCCNC(=O)c1cccc(Cl)c1F. The molecule has 4 nitrogen and oxygen atoms in total. The molecule has 0 unspecified atom stereocenters. The maximum atomic E-state index is 13.6. The van der Waals surface area contributed by atoms with E-state index in [9.17, 15) is 9.18 Å². The van der Waals surface area contributed by atoms with Gasteiger partial charge in [0, 0.05) is 12.2 Å². The van der Waals surface area contributed by atoms with Crippen molar-refractivity contribution in [3.63, 3.8) is 0 Å². The van der Waals surface area contributed by atoms with E-state index in [-0.39, 0.29) is 10.6 Å². The van der Waals surface area contributed by atoms with Crippen LogP contribution < -0.4 is 5.32 Å². The average molecular weight is 296 g/mol. The van der Waals surface area contributed by atoms with E-state index >= 15 is 0 Å². The van der Waals surface area contributed by atoms with Gasteiger partial charge in [0.15, 0.2) is 5.82 Å². The lowest BCUT2D eigenvalue weighted by atomic mass is 10.1. The minimum atomic E-state index is -0.683. The number of aromatic nitrogens is 2. The molecule has 20 heavy (non-hydrogen) atoms. The first-order valence-corrected chi connectivity index (χ1v) is 6.68. The zero-order chi connectivity index (χ0) is 14.5. The fourth-order valence-electron chi connectivity index (χ4n) is 1.88. The van der Waals surface area contributed by atoms with Gasteiger partial charge in [0.05, 0.1) is 16.8 Å². The first-order valence-electron chi connectivity index (χ1n) is 6.30. The second kappa shape index (κ2) is 6.52. The highest BCUT2D eigenvalue weighted by molar-refractivity contribution is 6.31. The third-order valence-electron chi connectivity index (χ3n) is 3.04. The maximum absolute atomic E-state index is 13.6. The van der Waals surface area contributed by atoms with Gasteiger partial charge in [-0.05, 0) is 37.5 Å². The zero-order valence-electron chi connectivity index (χ0n) is 11.0. The van der Waals surface area contributed by atoms with Gasteiger partial charge in [-0.3, -0.25) is 9.89 Å². The topological polar surface area (TPSA) is 57.8 Å². The number of hydrogen-bond donors (Lipinski definition) is 2. The van der Waals surface area contributed by atoms with Crippen molar-refractivity contribution in [2.75, 3.05) is 6.54 Å². The Morgan fingerprint density at radius 2 is 2.30 bits per heavy atom. The van der Waals surface area contributed by atoms with Crippen molar-refractivity contribution >= 4 is 17.5 Å². The number of carbonyl (C=O) groups excluding carboxylic acids is 1. The van der Waals surface area contributed by atoms with Gasteiger partial charge >= 0.3 is 0 Å². The smallest absolute Gasteiger partial charge is 0.254 e. The molecular formula is C14H15ClFN3O. The van der Waals surface area contributed by atoms with Crippen molar-refractivity contribution in [1.82, 2.24) is 15.5 Å². The summed E-state index contributed by atoms with van der Waals surface area (Å²) in [4.78, 5) is 11.8.